The number of rotatable bonds is 3. The number of amides is 1. The molecule has 1 aromatic carbocycles. The third kappa shape index (κ3) is 3.01. The number of hydrogen-bond acceptors (Lipinski definition) is 3. The van der Waals surface area contributed by atoms with Crippen LogP contribution in [0.25, 0.3) is 12.2 Å². The summed E-state index contributed by atoms with van der Waals surface area (Å²) in [4.78, 5) is 16.1. The fourth-order valence-electron chi connectivity index (χ4n) is 1.32. The van der Waals surface area contributed by atoms with Gasteiger partial charge in [0.1, 0.15) is 9.88 Å². The van der Waals surface area contributed by atoms with Gasteiger partial charge in [-0.2, -0.15) is 0 Å². The molecule has 0 saturated heterocycles. The molecule has 0 radical (unpaired) electrons. The quantitative estimate of drug-likeness (QED) is 0.902. The first-order valence-electron chi connectivity index (χ1n) is 5.20. The van der Waals surface area contributed by atoms with E-state index in [1.165, 1.54) is 11.3 Å². The van der Waals surface area contributed by atoms with Gasteiger partial charge < -0.3 is 5.32 Å². The van der Waals surface area contributed by atoms with E-state index in [4.69, 9.17) is 0 Å². The Kier molecular flexibility index (Phi) is 3.67. The Balaban J connectivity index is 2.12. The van der Waals surface area contributed by atoms with Gasteiger partial charge in [0.25, 0.3) is 5.91 Å². The van der Waals surface area contributed by atoms with Gasteiger partial charge in [0.05, 0.1) is 6.20 Å². The Labute approximate surface area is 104 Å². The number of carbonyl (C=O) groups excluding carboxylic acids is 1. The molecule has 2 aromatic rings. The second-order valence-corrected chi connectivity index (χ2v) is 4.45. The molecule has 2 rings (SSSR count). The van der Waals surface area contributed by atoms with E-state index in [1.807, 2.05) is 42.5 Å². The normalized spacial score (nSPS) is 10.6. The molecule has 0 fully saturated rings. The largest absolute Gasteiger partial charge is 0.354 e. The molecule has 0 atom stereocenters. The van der Waals surface area contributed by atoms with Gasteiger partial charge in [-0.15, -0.1) is 11.3 Å². The van der Waals surface area contributed by atoms with Crippen molar-refractivity contribution in [2.75, 3.05) is 7.05 Å². The maximum Gasteiger partial charge on any atom is 0.262 e. The molecular weight excluding hydrogens is 232 g/mol. The summed E-state index contributed by atoms with van der Waals surface area (Å²) in [6.07, 6.45) is 5.48. The van der Waals surface area contributed by atoms with E-state index in [0.29, 0.717) is 4.88 Å². The van der Waals surface area contributed by atoms with Crippen molar-refractivity contribution in [3.8, 4) is 0 Å². The van der Waals surface area contributed by atoms with Gasteiger partial charge in [0.15, 0.2) is 0 Å². The number of nitrogens with one attached hydrogen (secondary N) is 1. The molecule has 0 saturated carbocycles. The van der Waals surface area contributed by atoms with E-state index in [2.05, 4.69) is 10.3 Å². The minimum atomic E-state index is -0.0955. The minimum absolute atomic E-state index is 0.0955. The molecule has 0 aliphatic carbocycles. The molecule has 86 valence electrons. The first-order valence-corrected chi connectivity index (χ1v) is 6.02. The number of thiazole rings is 1. The predicted octanol–water partition coefficient (Wildman–Crippen LogP) is 2.67. The van der Waals surface area contributed by atoms with Crippen molar-refractivity contribution in [3.63, 3.8) is 0 Å². The molecule has 0 spiro atoms. The molecule has 17 heavy (non-hydrogen) atoms. The SMILES string of the molecule is CNC(=O)c1cnc(C=Cc2ccccc2)s1. The first-order chi connectivity index (χ1) is 8.29. The monoisotopic (exact) mass is 244 g/mol. The number of hydrogen-bond donors (Lipinski definition) is 1. The van der Waals surface area contributed by atoms with Crippen LogP contribution in [0.1, 0.15) is 20.2 Å². The van der Waals surface area contributed by atoms with Gasteiger partial charge in [-0.25, -0.2) is 4.98 Å². The zero-order valence-electron chi connectivity index (χ0n) is 9.38. The van der Waals surface area contributed by atoms with Crippen LogP contribution in [0.3, 0.4) is 0 Å². The Hall–Kier alpha value is -1.94. The van der Waals surface area contributed by atoms with Crippen LogP contribution < -0.4 is 5.32 Å². The summed E-state index contributed by atoms with van der Waals surface area (Å²) in [6.45, 7) is 0. The standard InChI is InChI=1S/C13H12N2OS/c1-14-13(16)11-9-15-12(17-11)8-7-10-5-3-2-4-6-10/h2-9H,1H3,(H,14,16). The molecule has 1 amide bonds. The molecule has 0 aliphatic rings. The highest BCUT2D eigenvalue weighted by atomic mass is 32.1. The first kappa shape index (κ1) is 11.5. The molecule has 0 bridgehead atoms. The van der Waals surface area contributed by atoms with Crippen LogP contribution in [-0.2, 0) is 0 Å². The number of aromatic nitrogens is 1. The lowest BCUT2D eigenvalue weighted by Gasteiger charge is -1.91. The Morgan fingerprint density at radius 1 is 1.29 bits per heavy atom. The van der Waals surface area contributed by atoms with Crippen LogP contribution >= 0.6 is 11.3 Å². The van der Waals surface area contributed by atoms with Crippen LogP contribution in [0.4, 0.5) is 0 Å². The summed E-state index contributed by atoms with van der Waals surface area (Å²) in [7, 11) is 1.61. The highest BCUT2D eigenvalue weighted by Crippen LogP contribution is 2.15. The zero-order valence-corrected chi connectivity index (χ0v) is 10.2. The van der Waals surface area contributed by atoms with E-state index in [-0.39, 0.29) is 5.91 Å². The van der Waals surface area contributed by atoms with Gasteiger partial charge in [-0.1, -0.05) is 36.4 Å². The minimum Gasteiger partial charge on any atom is -0.354 e. The van der Waals surface area contributed by atoms with Crippen molar-refractivity contribution >= 4 is 29.4 Å². The average Bonchev–Trinajstić information content (AvgIpc) is 2.85. The highest BCUT2D eigenvalue weighted by Gasteiger charge is 2.06. The molecule has 0 unspecified atom stereocenters. The topological polar surface area (TPSA) is 42.0 Å². The summed E-state index contributed by atoms with van der Waals surface area (Å²) < 4.78 is 0. The average molecular weight is 244 g/mol. The van der Waals surface area contributed by atoms with E-state index >= 15 is 0 Å². The van der Waals surface area contributed by atoms with E-state index in [0.717, 1.165) is 10.6 Å². The maximum absolute atomic E-state index is 11.3. The third-order valence-electron chi connectivity index (χ3n) is 2.19. The molecule has 3 nitrogen and oxygen atoms in total. The van der Waals surface area contributed by atoms with Gasteiger partial charge in [0.2, 0.25) is 0 Å². The summed E-state index contributed by atoms with van der Waals surface area (Å²) in [6, 6.07) is 9.98. The second kappa shape index (κ2) is 5.41. The molecule has 1 N–H and O–H groups in total. The van der Waals surface area contributed by atoms with Crippen molar-refractivity contribution in [1.82, 2.24) is 10.3 Å². The van der Waals surface area contributed by atoms with Gasteiger partial charge in [0, 0.05) is 7.05 Å². The fourth-order valence-corrected chi connectivity index (χ4v) is 2.09. The molecule has 1 aromatic heterocycles. The van der Waals surface area contributed by atoms with Crippen molar-refractivity contribution < 1.29 is 4.79 Å². The summed E-state index contributed by atoms with van der Waals surface area (Å²) in [5.74, 6) is -0.0955. The molecule has 0 aliphatic heterocycles. The van der Waals surface area contributed by atoms with Gasteiger partial charge in [-0.3, -0.25) is 4.79 Å². The zero-order chi connectivity index (χ0) is 12.1. The summed E-state index contributed by atoms with van der Waals surface area (Å²) >= 11 is 1.37. The van der Waals surface area contributed by atoms with E-state index in [1.54, 1.807) is 13.2 Å². The van der Waals surface area contributed by atoms with Crippen LogP contribution in [0.2, 0.25) is 0 Å². The Morgan fingerprint density at radius 2 is 2.06 bits per heavy atom. The van der Waals surface area contributed by atoms with Crippen LogP contribution in [0, 0.1) is 0 Å². The third-order valence-corrected chi connectivity index (χ3v) is 3.15. The lowest BCUT2D eigenvalue weighted by atomic mass is 10.2. The van der Waals surface area contributed by atoms with Crippen molar-refractivity contribution in [3.05, 3.63) is 52.0 Å². The Bertz CT molecular complexity index is 531. The fraction of sp³-hybridized carbons (Fsp3) is 0.0769. The maximum atomic E-state index is 11.3. The van der Waals surface area contributed by atoms with Gasteiger partial charge in [-0.05, 0) is 11.6 Å². The van der Waals surface area contributed by atoms with E-state index in [9.17, 15) is 4.79 Å². The van der Waals surface area contributed by atoms with Crippen molar-refractivity contribution in [2.45, 2.75) is 0 Å². The van der Waals surface area contributed by atoms with Crippen LogP contribution in [0.5, 0.6) is 0 Å². The van der Waals surface area contributed by atoms with Crippen LogP contribution in [-0.4, -0.2) is 17.9 Å². The Morgan fingerprint density at radius 3 is 2.76 bits per heavy atom. The second-order valence-electron chi connectivity index (χ2n) is 3.39. The smallest absolute Gasteiger partial charge is 0.262 e. The lowest BCUT2D eigenvalue weighted by molar-refractivity contribution is 0.0967. The molecule has 1 heterocycles. The summed E-state index contributed by atoms with van der Waals surface area (Å²) in [5, 5.41) is 3.40. The predicted molar refractivity (Wildman–Crippen MR) is 70.9 cm³/mol. The molecular formula is C13H12N2OS. The van der Waals surface area contributed by atoms with Crippen molar-refractivity contribution in [1.29, 1.82) is 0 Å². The summed E-state index contributed by atoms with van der Waals surface area (Å²) in [5.41, 5.74) is 1.11. The van der Waals surface area contributed by atoms with Crippen LogP contribution in [0.15, 0.2) is 36.5 Å². The van der Waals surface area contributed by atoms with E-state index < -0.39 is 0 Å². The molecule has 4 heteroatoms. The number of nitrogens with zero attached hydrogens (tertiary/aromatic N) is 1. The van der Waals surface area contributed by atoms with Gasteiger partial charge >= 0.3 is 0 Å². The number of benzene rings is 1. The lowest BCUT2D eigenvalue weighted by Crippen LogP contribution is -2.16. The number of carbonyl (C=O) groups is 1. The highest BCUT2D eigenvalue weighted by molar-refractivity contribution is 7.14. The van der Waals surface area contributed by atoms with Crippen molar-refractivity contribution in [2.24, 2.45) is 0 Å².